The molecule has 10 aromatic carbocycles. The highest BCUT2D eigenvalue weighted by Crippen LogP contribution is 2.43. The Bertz CT molecular complexity index is 4730. The van der Waals surface area contributed by atoms with Crippen LogP contribution in [0.4, 0.5) is 0 Å². The summed E-state index contributed by atoms with van der Waals surface area (Å²) in [6.45, 7) is 0. The van der Waals surface area contributed by atoms with Crippen molar-refractivity contribution in [3.63, 3.8) is 0 Å². The molecule has 0 fully saturated rings. The van der Waals surface area contributed by atoms with Crippen LogP contribution in [0.25, 0.3) is 132 Å². The minimum atomic E-state index is -0.639. The molecule has 3 heterocycles. The van der Waals surface area contributed by atoms with E-state index in [1.165, 1.54) is 0 Å². The van der Waals surface area contributed by atoms with E-state index in [1.807, 2.05) is 127 Å². The average molecular weight is 899 g/mol. The predicted molar refractivity (Wildman–Crippen MR) is 283 cm³/mol. The summed E-state index contributed by atoms with van der Waals surface area (Å²) in [5, 5.41) is -0.531. The van der Waals surface area contributed by atoms with Crippen molar-refractivity contribution >= 4 is 53.4 Å². The zero-order valence-corrected chi connectivity index (χ0v) is 36.5. The van der Waals surface area contributed by atoms with Crippen molar-refractivity contribution in [1.82, 2.24) is 15.0 Å². The first-order valence-electron chi connectivity index (χ1n) is 28.3. The van der Waals surface area contributed by atoms with Crippen molar-refractivity contribution < 1.29 is 22.2 Å². The lowest BCUT2D eigenvalue weighted by Crippen LogP contribution is -2.00. The van der Waals surface area contributed by atoms with E-state index in [0.717, 1.165) is 55.8 Å². The van der Waals surface area contributed by atoms with Gasteiger partial charge in [0, 0.05) is 47.6 Å². The number of fused-ring (bicyclic) bond motifs is 6. The van der Waals surface area contributed by atoms with Crippen LogP contribution in [0.1, 0.15) is 17.8 Å². The van der Waals surface area contributed by atoms with Gasteiger partial charge in [0.05, 0.1) is 17.8 Å². The van der Waals surface area contributed by atoms with Gasteiger partial charge in [-0.15, -0.1) is 11.3 Å². The fraction of sp³-hybridized carbons (Fsp3) is 0. The molecule has 318 valence electrons. The smallest absolute Gasteiger partial charge is 0.164 e. The second-order valence-corrected chi connectivity index (χ2v) is 17.2. The standard InChI is InChI=1S/C63H39N3OS/c1-4-14-40(15-5-1)45-20-12-21-46(34-45)43-26-28-44(29-27-43)61-64-62(66-63(65-61)51-36-49(41-16-6-2-7-17-41)35-50(37-51)42-18-8-3-9-19-42)48-31-33-55-59(39-48)68-58-25-13-23-52(60(55)58)47-30-32-54-53-22-10-11-24-56(53)67-57(54)38-47/h1-39H/i10D,11D,13D,22D,23D,24D,25D,30D,31D,32D,33D,38D,39D. The third-order valence-corrected chi connectivity index (χ3v) is 12.9. The molecule has 0 aliphatic carbocycles. The summed E-state index contributed by atoms with van der Waals surface area (Å²) in [6.07, 6.45) is 0. The van der Waals surface area contributed by atoms with Crippen LogP contribution in [-0.2, 0) is 0 Å². The van der Waals surface area contributed by atoms with Crippen molar-refractivity contribution in [2.45, 2.75) is 0 Å². The van der Waals surface area contributed by atoms with E-state index in [2.05, 4.69) is 30.3 Å². The third kappa shape index (κ3) is 7.23. The number of para-hydroxylation sites is 1. The molecule has 4 nitrogen and oxygen atoms in total. The minimum Gasteiger partial charge on any atom is -0.456 e. The Morgan fingerprint density at radius 1 is 0.338 bits per heavy atom. The summed E-state index contributed by atoms with van der Waals surface area (Å²) in [5.41, 5.74) is 7.39. The Labute approximate surface area is 415 Å². The zero-order valence-electron chi connectivity index (χ0n) is 48.7. The Morgan fingerprint density at radius 3 is 1.54 bits per heavy atom. The van der Waals surface area contributed by atoms with E-state index < -0.39 is 72.5 Å². The number of rotatable bonds is 8. The first-order chi connectivity index (χ1) is 39.1. The average Bonchev–Trinajstić information content (AvgIpc) is 4.31. The minimum absolute atomic E-state index is 0.0201. The maximum Gasteiger partial charge on any atom is 0.164 e. The van der Waals surface area contributed by atoms with Gasteiger partial charge in [-0.2, -0.15) is 0 Å². The number of nitrogens with zero attached hydrogens (tertiary/aromatic N) is 3. The molecule has 0 saturated heterocycles. The highest BCUT2D eigenvalue weighted by Gasteiger charge is 2.18. The van der Waals surface area contributed by atoms with Crippen LogP contribution in [0.3, 0.4) is 0 Å². The fourth-order valence-corrected chi connectivity index (χ4v) is 9.61. The van der Waals surface area contributed by atoms with Gasteiger partial charge in [0.2, 0.25) is 0 Å². The lowest BCUT2D eigenvalue weighted by Gasteiger charge is -2.13. The molecule has 0 radical (unpaired) electrons. The van der Waals surface area contributed by atoms with Gasteiger partial charge in [-0.1, -0.05) is 182 Å². The summed E-state index contributed by atoms with van der Waals surface area (Å²) in [4.78, 5) is 15.1. The number of furan rings is 1. The maximum atomic E-state index is 9.98. The molecule has 0 atom stereocenters. The highest BCUT2D eigenvalue weighted by molar-refractivity contribution is 7.26. The van der Waals surface area contributed by atoms with Crippen molar-refractivity contribution in [2.75, 3.05) is 0 Å². The number of hydrogen-bond donors (Lipinski definition) is 0. The van der Waals surface area contributed by atoms with Gasteiger partial charge in [0.1, 0.15) is 11.2 Å². The SMILES string of the molecule is [2H]c1c([2H])c([2H])c2c(oc3c([2H])c(-c4c([2H])c([2H])c([2H])c5sc6c([2H])c(-c7nc(-c8ccc(-c9cccc(-c%10ccccc%10)c9)cc8)nc(-c8cc(-c9ccccc9)cc(-c9ccccc9)c8)n7)c([2H])c([2H])c6c45)c([2H])c([2H])c32)c1[2H]. The molecule has 5 heteroatoms. The summed E-state index contributed by atoms with van der Waals surface area (Å²) in [7, 11) is 0. The third-order valence-electron chi connectivity index (χ3n) is 11.9. The zero-order chi connectivity index (χ0) is 56.3. The van der Waals surface area contributed by atoms with Gasteiger partial charge in [-0.05, 0) is 110 Å². The molecule has 0 aliphatic heterocycles. The van der Waals surface area contributed by atoms with Gasteiger partial charge >= 0.3 is 0 Å². The van der Waals surface area contributed by atoms with Crippen LogP contribution >= 0.6 is 11.3 Å². The molecule has 13 rings (SSSR count). The van der Waals surface area contributed by atoms with E-state index in [9.17, 15) is 11.0 Å². The van der Waals surface area contributed by atoms with Crippen LogP contribution < -0.4 is 0 Å². The van der Waals surface area contributed by atoms with Gasteiger partial charge in [-0.25, -0.2) is 15.0 Å². The number of hydrogen-bond acceptors (Lipinski definition) is 5. The van der Waals surface area contributed by atoms with Crippen molar-refractivity contribution in [2.24, 2.45) is 0 Å². The molecular formula is C63H39N3OS. The molecule has 0 spiro atoms. The van der Waals surface area contributed by atoms with E-state index in [1.54, 1.807) is 0 Å². The molecule has 0 unspecified atom stereocenters. The highest BCUT2D eigenvalue weighted by atomic mass is 32.1. The molecule has 0 N–H and O–H groups in total. The molecule has 0 aliphatic rings. The monoisotopic (exact) mass is 898 g/mol. The van der Waals surface area contributed by atoms with Crippen LogP contribution in [-0.4, -0.2) is 15.0 Å². The van der Waals surface area contributed by atoms with E-state index >= 15 is 0 Å². The second-order valence-electron chi connectivity index (χ2n) is 16.1. The van der Waals surface area contributed by atoms with Crippen molar-refractivity contribution in [3.8, 4) is 89.8 Å². The molecule has 68 heavy (non-hydrogen) atoms. The summed E-state index contributed by atoms with van der Waals surface area (Å²) < 4.78 is 125. The van der Waals surface area contributed by atoms with Crippen LogP contribution in [0.2, 0.25) is 0 Å². The predicted octanol–water partition coefficient (Wildman–Crippen LogP) is 17.5. The summed E-state index contributed by atoms with van der Waals surface area (Å²) >= 11 is 0.871. The fourth-order valence-electron chi connectivity index (χ4n) is 8.59. The van der Waals surface area contributed by atoms with E-state index in [4.69, 9.17) is 26.2 Å². The van der Waals surface area contributed by atoms with Crippen LogP contribution in [0, 0.1) is 0 Å². The van der Waals surface area contributed by atoms with E-state index in [-0.39, 0.29) is 82.3 Å². The molecule has 0 bridgehead atoms. The Morgan fingerprint density at radius 2 is 0.853 bits per heavy atom. The van der Waals surface area contributed by atoms with Crippen molar-refractivity contribution in [3.05, 3.63) is 236 Å². The van der Waals surface area contributed by atoms with Crippen LogP contribution in [0.5, 0.6) is 0 Å². The molecular weight excluding hydrogens is 847 g/mol. The largest absolute Gasteiger partial charge is 0.456 e. The first kappa shape index (κ1) is 28.3. The molecule has 3 aromatic heterocycles. The van der Waals surface area contributed by atoms with Crippen molar-refractivity contribution in [1.29, 1.82) is 0 Å². The number of benzene rings is 10. The van der Waals surface area contributed by atoms with Gasteiger partial charge in [0.15, 0.2) is 17.5 Å². The molecule has 0 amide bonds. The Kier molecular flexibility index (Phi) is 6.90. The van der Waals surface area contributed by atoms with E-state index in [0.29, 0.717) is 11.1 Å². The van der Waals surface area contributed by atoms with Gasteiger partial charge < -0.3 is 4.42 Å². The van der Waals surface area contributed by atoms with Gasteiger partial charge in [0.25, 0.3) is 0 Å². The molecule has 0 saturated carbocycles. The lowest BCUT2D eigenvalue weighted by molar-refractivity contribution is 0.669. The molecule has 13 aromatic rings. The Balaban J connectivity index is 1.04. The number of aromatic nitrogens is 3. The summed E-state index contributed by atoms with van der Waals surface area (Å²) in [6, 6.07) is 44.9. The topological polar surface area (TPSA) is 51.8 Å². The van der Waals surface area contributed by atoms with Crippen LogP contribution in [0.15, 0.2) is 241 Å². The number of thiophene rings is 1. The quantitative estimate of drug-likeness (QED) is 0.152. The second kappa shape index (κ2) is 16.6. The lowest BCUT2D eigenvalue weighted by atomic mass is 9.95. The maximum absolute atomic E-state index is 9.98. The first-order valence-corrected chi connectivity index (χ1v) is 22.6. The Hall–Kier alpha value is -8.77. The summed E-state index contributed by atoms with van der Waals surface area (Å²) in [5.74, 6) is 0.334. The van der Waals surface area contributed by atoms with Gasteiger partial charge in [-0.3, -0.25) is 0 Å². The normalized spacial score (nSPS) is 14.2.